The number of benzene rings is 3. The van der Waals surface area contributed by atoms with E-state index in [0.717, 1.165) is 27.5 Å². The van der Waals surface area contributed by atoms with Crippen LogP contribution >= 0.6 is 0 Å². The number of hydrogen-bond acceptors (Lipinski definition) is 4. The topological polar surface area (TPSA) is 169 Å². The molecule has 0 aromatic heterocycles. The first-order valence-corrected chi connectivity index (χ1v) is 11.6. The quantitative estimate of drug-likeness (QED) is 0.351. The fourth-order valence-corrected chi connectivity index (χ4v) is 4.50. The molecule has 9 nitrogen and oxygen atoms in total. The van der Waals surface area contributed by atoms with Gasteiger partial charge in [0.25, 0.3) is 5.91 Å². The third-order valence-electron chi connectivity index (χ3n) is 5.97. The molecule has 7 N–H and O–H groups in total. The largest absolute Gasteiger partial charge is 1.00 e. The second-order valence-electron chi connectivity index (χ2n) is 9.79. The Balaban J connectivity index is 0.00000456. The molecule has 0 heterocycles. The van der Waals surface area contributed by atoms with E-state index in [1.165, 1.54) is 6.92 Å². The van der Waals surface area contributed by atoms with Gasteiger partial charge in [-0.25, -0.2) is 9.59 Å². The van der Waals surface area contributed by atoms with Crippen molar-refractivity contribution in [2.24, 2.45) is 5.92 Å². The van der Waals surface area contributed by atoms with Crippen molar-refractivity contribution in [1.82, 2.24) is 5.32 Å². The fourth-order valence-electron chi connectivity index (χ4n) is 4.50. The molecule has 0 saturated carbocycles. The maximum atomic E-state index is 13.4. The molecule has 3 rings (SSSR count). The molecule has 0 saturated heterocycles. The van der Waals surface area contributed by atoms with Crippen molar-refractivity contribution in [2.75, 3.05) is 10.6 Å². The van der Waals surface area contributed by atoms with Gasteiger partial charge in [0, 0.05) is 5.69 Å². The summed E-state index contributed by atoms with van der Waals surface area (Å²) in [6, 6.07) is 14.3. The summed E-state index contributed by atoms with van der Waals surface area (Å²) in [5.41, 5.74) is 2.69. The SMILES string of the molecule is Cc1cc(C)c(NC(=O)Nc2cc3ccccc3cc2C(=O)N[C@@](C)(CC(C)C)C(=O)O)c(C)c1.O.[Li+].[OH-]. The summed E-state index contributed by atoms with van der Waals surface area (Å²) < 4.78 is 0. The van der Waals surface area contributed by atoms with Crippen LogP contribution < -0.4 is 34.8 Å². The van der Waals surface area contributed by atoms with Crippen molar-refractivity contribution >= 4 is 40.1 Å². The van der Waals surface area contributed by atoms with Crippen molar-refractivity contribution in [2.45, 2.75) is 53.5 Å². The molecular weight excluding hydrogens is 481 g/mol. The molecule has 10 heteroatoms. The van der Waals surface area contributed by atoms with Crippen molar-refractivity contribution in [3.63, 3.8) is 0 Å². The Labute approximate surface area is 235 Å². The number of carbonyl (C=O) groups excluding carboxylic acids is 2. The Kier molecular flexibility index (Phi) is 12.7. The number of amides is 3. The van der Waals surface area contributed by atoms with Gasteiger partial charge in [0.05, 0.1) is 11.3 Å². The van der Waals surface area contributed by atoms with Crippen molar-refractivity contribution in [3.8, 4) is 0 Å². The molecule has 0 spiro atoms. The zero-order valence-corrected chi connectivity index (χ0v) is 23.0. The van der Waals surface area contributed by atoms with Gasteiger partial charge in [0.15, 0.2) is 0 Å². The van der Waals surface area contributed by atoms with Crippen LogP contribution in [0.25, 0.3) is 10.8 Å². The number of carboxylic acids is 1. The molecule has 0 aliphatic carbocycles. The second-order valence-corrected chi connectivity index (χ2v) is 9.79. The van der Waals surface area contributed by atoms with E-state index < -0.39 is 23.4 Å². The van der Waals surface area contributed by atoms with E-state index in [0.29, 0.717) is 11.4 Å². The van der Waals surface area contributed by atoms with Gasteiger partial charge in [-0.05, 0) is 74.1 Å². The number of anilines is 2. The molecule has 0 bridgehead atoms. The van der Waals surface area contributed by atoms with E-state index in [9.17, 15) is 19.5 Å². The molecule has 3 aromatic carbocycles. The molecule has 0 unspecified atom stereocenters. The molecule has 0 aliphatic rings. The van der Waals surface area contributed by atoms with Gasteiger partial charge in [-0.2, -0.15) is 0 Å². The maximum absolute atomic E-state index is 13.4. The van der Waals surface area contributed by atoms with Crippen LogP contribution in [0.3, 0.4) is 0 Å². The molecule has 38 heavy (non-hydrogen) atoms. The van der Waals surface area contributed by atoms with E-state index >= 15 is 0 Å². The summed E-state index contributed by atoms with van der Waals surface area (Å²) in [6.07, 6.45) is 0.261. The predicted octanol–water partition coefficient (Wildman–Crippen LogP) is 2.03. The molecular formula is C28H36LiN3O6. The average molecular weight is 518 g/mol. The summed E-state index contributed by atoms with van der Waals surface area (Å²) in [5, 5.41) is 19.8. The molecule has 1 atom stereocenters. The van der Waals surface area contributed by atoms with E-state index in [4.69, 9.17) is 0 Å². The summed E-state index contributed by atoms with van der Waals surface area (Å²) in [7, 11) is 0. The molecule has 200 valence electrons. The normalized spacial score (nSPS) is 11.8. The van der Waals surface area contributed by atoms with Crippen LogP contribution in [0, 0.1) is 26.7 Å². The molecule has 3 aromatic rings. The van der Waals surface area contributed by atoms with Gasteiger partial charge >= 0.3 is 30.9 Å². The summed E-state index contributed by atoms with van der Waals surface area (Å²) in [5.74, 6) is -1.63. The van der Waals surface area contributed by atoms with E-state index in [1.807, 2.05) is 71.0 Å². The maximum Gasteiger partial charge on any atom is 1.00 e. The van der Waals surface area contributed by atoms with E-state index in [1.54, 1.807) is 12.1 Å². The van der Waals surface area contributed by atoms with Gasteiger partial charge in [-0.15, -0.1) is 0 Å². The summed E-state index contributed by atoms with van der Waals surface area (Å²) in [6.45, 7) is 11.1. The van der Waals surface area contributed by atoms with Crippen molar-refractivity contribution in [3.05, 3.63) is 70.8 Å². The number of fused-ring (bicyclic) bond motifs is 1. The predicted molar refractivity (Wildman–Crippen MR) is 146 cm³/mol. The number of aryl methyl sites for hydroxylation is 3. The second kappa shape index (κ2) is 14.0. The van der Waals surface area contributed by atoms with Crippen LogP contribution in [-0.2, 0) is 4.79 Å². The number of aliphatic carboxylic acids is 1. The zero-order chi connectivity index (χ0) is 25.9. The number of nitrogens with one attached hydrogen (secondary N) is 3. The number of rotatable bonds is 7. The third kappa shape index (κ3) is 8.07. The zero-order valence-electron chi connectivity index (χ0n) is 23.0. The molecule has 0 fully saturated rings. The van der Waals surface area contributed by atoms with Crippen molar-refractivity contribution in [1.29, 1.82) is 0 Å². The first kappa shape index (κ1) is 34.6. The average Bonchev–Trinajstić information content (AvgIpc) is 2.75. The molecule has 3 amide bonds. The van der Waals surface area contributed by atoms with E-state index in [2.05, 4.69) is 16.0 Å². The summed E-state index contributed by atoms with van der Waals surface area (Å²) in [4.78, 5) is 38.3. The smallest absolute Gasteiger partial charge is 0.870 e. The Morgan fingerprint density at radius 2 is 1.45 bits per heavy atom. The third-order valence-corrected chi connectivity index (χ3v) is 5.97. The molecule has 0 radical (unpaired) electrons. The summed E-state index contributed by atoms with van der Waals surface area (Å²) >= 11 is 0. The van der Waals surface area contributed by atoms with Gasteiger partial charge in [-0.3, -0.25) is 4.79 Å². The first-order valence-electron chi connectivity index (χ1n) is 11.6. The Morgan fingerprint density at radius 3 is 1.95 bits per heavy atom. The minimum Gasteiger partial charge on any atom is -0.870 e. The number of urea groups is 1. The van der Waals surface area contributed by atoms with Gasteiger partial charge < -0.3 is 32.0 Å². The monoisotopic (exact) mass is 517 g/mol. The number of carboxylic acid groups (broad SMARTS) is 1. The van der Waals surface area contributed by atoms with Crippen LogP contribution in [0.15, 0.2) is 48.5 Å². The minimum atomic E-state index is -1.45. The number of carbonyl (C=O) groups is 3. The Hall–Kier alpha value is -3.35. The Bertz CT molecular complexity index is 1290. The van der Waals surface area contributed by atoms with Crippen LogP contribution in [0.2, 0.25) is 0 Å². The van der Waals surface area contributed by atoms with Crippen LogP contribution in [0.1, 0.15) is 54.2 Å². The first-order chi connectivity index (χ1) is 16.4. The van der Waals surface area contributed by atoms with Gasteiger partial charge in [0.1, 0.15) is 5.54 Å². The van der Waals surface area contributed by atoms with Gasteiger partial charge in [0.2, 0.25) is 0 Å². The standard InChI is InChI=1S/C28H33N3O4.Li.2H2O/c1-16(2)15-28(6,26(33)34)31-25(32)22-13-20-9-7-8-10-21(20)14-23(22)29-27(35)30-24-18(4)11-17(3)12-19(24)5;;;/h7-14,16H,15H2,1-6H3,(H,31,32)(H,33,34)(H2,29,30,35);;2*1H2/q;+1;;/p-1/t28-;;;/m0.../s1. The van der Waals surface area contributed by atoms with E-state index in [-0.39, 0.29) is 47.7 Å². The van der Waals surface area contributed by atoms with Crippen LogP contribution in [0.5, 0.6) is 0 Å². The van der Waals surface area contributed by atoms with Crippen molar-refractivity contribution < 1.29 is 49.3 Å². The molecule has 0 aliphatic heterocycles. The fraction of sp³-hybridized carbons (Fsp3) is 0.321. The van der Waals surface area contributed by atoms with Crippen LogP contribution in [0.4, 0.5) is 16.2 Å². The van der Waals surface area contributed by atoms with Crippen LogP contribution in [-0.4, -0.2) is 39.5 Å². The number of hydrogen-bond donors (Lipinski definition) is 4. The Morgan fingerprint density at radius 1 is 0.921 bits per heavy atom. The van der Waals surface area contributed by atoms with Gasteiger partial charge in [-0.1, -0.05) is 55.8 Å². The minimum absolute atomic E-state index is 0.